The number of amides is 3. The highest BCUT2D eigenvalue weighted by Gasteiger charge is 2.57. The molecule has 3 aromatic carbocycles. The van der Waals surface area contributed by atoms with E-state index in [1.165, 1.54) is 19.1 Å². The molecule has 46 heavy (non-hydrogen) atoms. The van der Waals surface area contributed by atoms with Gasteiger partial charge in [-0.2, -0.15) is 13.2 Å². The molecule has 0 radical (unpaired) electrons. The standard InChI is InChI=1S/C33H36F3N3O6S/c1-30(2,3)45-29(42)39-31(4,5)44-20-32(39,6)28(41)38-37-27(40)22-15-16-26(25(17-22)33(34,35)36)46-24-14-10-13-23(18-24)43-19-21-11-8-7-9-12-21/h7-18H,19-20H2,1-6H3,(H,37,40)(H,38,41). The first-order valence-electron chi connectivity index (χ1n) is 14.3. The first-order chi connectivity index (χ1) is 21.4. The maximum absolute atomic E-state index is 14.2. The van der Waals surface area contributed by atoms with Crippen molar-refractivity contribution in [2.24, 2.45) is 0 Å². The molecular formula is C33H36F3N3O6S. The molecule has 0 bridgehead atoms. The number of benzene rings is 3. The van der Waals surface area contributed by atoms with Gasteiger partial charge in [-0.3, -0.25) is 25.3 Å². The summed E-state index contributed by atoms with van der Waals surface area (Å²) in [5, 5.41) is 0. The quantitative estimate of drug-likeness (QED) is 0.264. The molecule has 9 nitrogen and oxygen atoms in total. The van der Waals surface area contributed by atoms with Crippen LogP contribution in [0.2, 0.25) is 0 Å². The highest BCUT2D eigenvalue weighted by Crippen LogP contribution is 2.41. The maximum Gasteiger partial charge on any atom is 0.417 e. The van der Waals surface area contributed by atoms with Gasteiger partial charge in [0.15, 0.2) is 0 Å². The van der Waals surface area contributed by atoms with Gasteiger partial charge in [-0.1, -0.05) is 48.2 Å². The van der Waals surface area contributed by atoms with Gasteiger partial charge < -0.3 is 14.2 Å². The fourth-order valence-electron chi connectivity index (χ4n) is 4.73. The summed E-state index contributed by atoms with van der Waals surface area (Å²) in [6.45, 7) is 9.69. The molecule has 1 saturated heterocycles. The number of halogens is 3. The molecule has 1 aliphatic heterocycles. The van der Waals surface area contributed by atoms with Gasteiger partial charge >= 0.3 is 12.3 Å². The van der Waals surface area contributed by atoms with Crippen LogP contribution in [0.25, 0.3) is 0 Å². The lowest BCUT2D eigenvalue weighted by Gasteiger charge is -2.39. The number of hydrogen-bond donors (Lipinski definition) is 2. The van der Waals surface area contributed by atoms with Crippen LogP contribution in [0.1, 0.15) is 63.0 Å². The number of nitrogens with zero attached hydrogens (tertiary/aromatic N) is 1. The summed E-state index contributed by atoms with van der Waals surface area (Å²) in [7, 11) is 0. The van der Waals surface area contributed by atoms with Crippen molar-refractivity contribution in [3.05, 3.63) is 89.5 Å². The summed E-state index contributed by atoms with van der Waals surface area (Å²) in [6.07, 6.45) is -5.59. The van der Waals surface area contributed by atoms with Gasteiger partial charge in [0.25, 0.3) is 11.8 Å². The Morgan fingerprint density at radius 2 is 1.63 bits per heavy atom. The molecule has 3 amide bonds. The first kappa shape index (κ1) is 34.6. The predicted octanol–water partition coefficient (Wildman–Crippen LogP) is 6.96. The minimum atomic E-state index is -4.78. The molecule has 0 aliphatic carbocycles. The van der Waals surface area contributed by atoms with E-state index in [9.17, 15) is 27.6 Å². The molecule has 1 aliphatic rings. The molecule has 0 saturated carbocycles. The Labute approximate surface area is 269 Å². The third-order valence-electron chi connectivity index (χ3n) is 6.92. The van der Waals surface area contributed by atoms with E-state index >= 15 is 0 Å². The molecule has 1 heterocycles. The summed E-state index contributed by atoms with van der Waals surface area (Å²) >= 11 is 0.874. The Balaban J connectivity index is 1.47. The lowest BCUT2D eigenvalue weighted by molar-refractivity contribution is -0.139. The van der Waals surface area contributed by atoms with E-state index in [0.29, 0.717) is 17.3 Å². The van der Waals surface area contributed by atoms with Crippen molar-refractivity contribution in [3.63, 3.8) is 0 Å². The van der Waals surface area contributed by atoms with Gasteiger partial charge in [-0.05, 0) is 83.5 Å². The number of nitrogens with one attached hydrogen (secondary N) is 2. The minimum absolute atomic E-state index is 0.126. The number of carbonyl (C=O) groups excluding carboxylic acids is 3. The molecule has 1 unspecified atom stereocenters. The summed E-state index contributed by atoms with van der Waals surface area (Å²) in [5.41, 5.74) is 0.275. The molecule has 0 spiro atoms. The van der Waals surface area contributed by atoms with Gasteiger partial charge in [0.05, 0.1) is 12.2 Å². The monoisotopic (exact) mass is 659 g/mol. The van der Waals surface area contributed by atoms with E-state index < -0.39 is 46.5 Å². The Kier molecular flexibility index (Phi) is 9.98. The molecular weight excluding hydrogens is 623 g/mol. The van der Waals surface area contributed by atoms with Crippen molar-refractivity contribution in [1.29, 1.82) is 0 Å². The zero-order valence-electron chi connectivity index (χ0n) is 26.3. The molecule has 2 N–H and O–H groups in total. The van der Waals surface area contributed by atoms with Crippen LogP contribution in [0.5, 0.6) is 5.75 Å². The molecule has 1 fully saturated rings. The van der Waals surface area contributed by atoms with Crippen LogP contribution in [0.15, 0.2) is 82.6 Å². The Morgan fingerprint density at radius 1 is 0.935 bits per heavy atom. The van der Waals surface area contributed by atoms with Crippen LogP contribution >= 0.6 is 11.8 Å². The number of carbonyl (C=O) groups is 3. The minimum Gasteiger partial charge on any atom is -0.489 e. The predicted molar refractivity (Wildman–Crippen MR) is 165 cm³/mol. The number of rotatable bonds is 7. The zero-order chi connectivity index (χ0) is 33.9. The molecule has 0 aromatic heterocycles. The number of ether oxygens (including phenoxy) is 3. The summed E-state index contributed by atoms with van der Waals surface area (Å²) in [4.78, 5) is 40.7. The van der Waals surface area contributed by atoms with Crippen LogP contribution in [-0.4, -0.2) is 46.3 Å². The van der Waals surface area contributed by atoms with Crippen molar-refractivity contribution in [3.8, 4) is 5.75 Å². The van der Waals surface area contributed by atoms with E-state index in [4.69, 9.17) is 14.2 Å². The average Bonchev–Trinajstić information content (AvgIpc) is 3.23. The van der Waals surface area contributed by atoms with E-state index in [0.717, 1.165) is 28.3 Å². The normalized spacial score (nSPS) is 17.7. The van der Waals surface area contributed by atoms with Crippen molar-refractivity contribution >= 4 is 29.7 Å². The molecule has 4 rings (SSSR count). The fraction of sp³-hybridized carbons (Fsp3) is 0.364. The maximum atomic E-state index is 14.2. The second-order valence-electron chi connectivity index (χ2n) is 12.3. The van der Waals surface area contributed by atoms with Crippen molar-refractivity contribution in [2.45, 2.75) is 81.0 Å². The number of alkyl halides is 3. The van der Waals surface area contributed by atoms with Gasteiger partial charge in [-0.25, -0.2) is 4.79 Å². The lowest BCUT2D eigenvalue weighted by atomic mass is 10.0. The Hall–Kier alpha value is -4.23. The van der Waals surface area contributed by atoms with Crippen LogP contribution < -0.4 is 15.6 Å². The molecule has 13 heteroatoms. The van der Waals surface area contributed by atoms with E-state index in [1.54, 1.807) is 58.9 Å². The summed E-state index contributed by atoms with van der Waals surface area (Å²) < 4.78 is 59.4. The van der Waals surface area contributed by atoms with Crippen molar-refractivity contribution in [1.82, 2.24) is 15.8 Å². The SMILES string of the molecule is CC(C)(C)OC(=O)N1C(C)(C)OCC1(C)C(=O)NNC(=O)c1ccc(Sc2cccc(OCc3ccccc3)c2)c(C(F)(F)F)c1. The van der Waals surface area contributed by atoms with Gasteiger partial charge in [0, 0.05) is 15.4 Å². The van der Waals surface area contributed by atoms with E-state index in [2.05, 4.69) is 10.9 Å². The Morgan fingerprint density at radius 3 is 2.28 bits per heavy atom. The highest BCUT2D eigenvalue weighted by molar-refractivity contribution is 7.99. The fourth-order valence-corrected chi connectivity index (χ4v) is 5.73. The third kappa shape index (κ3) is 8.32. The van der Waals surface area contributed by atoms with Crippen LogP contribution in [-0.2, 0) is 27.1 Å². The van der Waals surface area contributed by atoms with E-state index in [-0.39, 0.29) is 17.1 Å². The number of hydrazine groups is 1. The first-order valence-corrected chi connectivity index (χ1v) is 15.1. The topological polar surface area (TPSA) is 106 Å². The molecule has 3 aromatic rings. The summed E-state index contributed by atoms with van der Waals surface area (Å²) in [5.74, 6) is -1.32. The van der Waals surface area contributed by atoms with E-state index in [1.807, 2.05) is 30.3 Å². The van der Waals surface area contributed by atoms with Gasteiger partial charge in [-0.15, -0.1) is 0 Å². The molecule has 246 valence electrons. The largest absolute Gasteiger partial charge is 0.489 e. The highest BCUT2D eigenvalue weighted by atomic mass is 32.2. The second-order valence-corrected chi connectivity index (χ2v) is 13.4. The van der Waals surface area contributed by atoms with Crippen LogP contribution in [0, 0.1) is 0 Å². The van der Waals surface area contributed by atoms with Gasteiger partial charge in [0.2, 0.25) is 0 Å². The summed E-state index contributed by atoms with van der Waals surface area (Å²) in [6, 6.07) is 19.3. The third-order valence-corrected chi connectivity index (χ3v) is 7.99. The number of hydrogen-bond acceptors (Lipinski definition) is 7. The van der Waals surface area contributed by atoms with Gasteiger partial charge in [0.1, 0.15) is 29.2 Å². The lowest BCUT2D eigenvalue weighted by Crippen LogP contribution is -2.63. The van der Waals surface area contributed by atoms with Crippen molar-refractivity contribution < 1.29 is 41.8 Å². The second kappa shape index (κ2) is 13.2. The average molecular weight is 660 g/mol. The zero-order valence-corrected chi connectivity index (χ0v) is 27.1. The smallest absolute Gasteiger partial charge is 0.417 e. The van der Waals surface area contributed by atoms with Crippen LogP contribution in [0.4, 0.5) is 18.0 Å². The van der Waals surface area contributed by atoms with Crippen molar-refractivity contribution in [2.75, 3.05) is 6.61 Å². The van der Waals surface area contributed by atoms with Crippen LogP contribution in [0.3, 0.4) is 0 Å². The Bertz CT molecular complexity index is 1590. The molecule has 1 atom stereocenters.